The third-order valence-electron chi connectivity index (χ3n) is 3.02. The van der Waals surface area contributed by atoms with Crippen LogP contribution in [0.5, 0.6) is 0 Å². The number of carbonyl (C=O) groups is 2. The van der Waals surface area contributed by atoms with Crippen molar-refractivity contribution in [2.45, 2.75) is 31.3 Å². The van der Waals surface area contributed by atoms with Crippen molar-refractivity contribution in [1.29, 1.82) is 0 Å². The lowest BCUT2D eigenvalue weighted by Crippen LogP contribution is -2.48. The molecule has 21 heavy (non-hydrogen) atoms. The van der Waals surface area contributed by atoms with Crippen LogP contribution in [-0.4, -0.2) is 29.7 Å². The molecule has 5 N–H and O–H groups in total. The average Bonchev–Trinajstić information content (AvgIpc) is 2.45. The van der Waals surface area contributed by atoms with Gasteiger partial charge in [0.15, 0.2) is 0 Å². The average molecular weight is 313 g/mol. The number of halogens is 1. The number of hydrogen-bond acceptors (Lipinski definition) is 4. The van der Waals surface area contributed by atoms with Crippen molar-refractivity contribution in [2.75, 3.05) is 6.54 Å². The topological polar surface area (TPSA) is 98.2 Å². The summed E-state index contributed by atoms with van der Waals surface area (Å²) < 4.78 is 12.8. The fourth-order valence-corrected chi connectivity index (χ4v) is 2.02. The van der Waals surface area contributed by atoms with E-state index in [0.29, 0.717) is 19.4 Å². The third-order valence-corrected chi connectivity index (χ3v) is 3.33. The third kappa shape index (κ3) is 6.24. The summed E-state index contributed by atoms with van der Waals surface area (Å²) in [6.07, 6.45) is 1.29. The van der Waals surface area contributed by atoms with E-state index in [1.165, 1.54) is 12.1 Å². The van der Waals surface area contributed by atoms with Gasteiger partial charge in [-0.3, -0.25) is 9.59 Å². The van der Waals surface area contributed by atoms with Crippen LogP contribution in [0.2, 0.25) is 0 Å². The fraction of sp³-hybridized carbons (Fsp3) is 0.429. The Bertz CT molecular complexity index is 482. The van der Waals surface area contributed by atoms with E-state index in [1.807, 2.05) is 0 Å². The number of nitrogens with two attached hydrogens (primary N) is 2. The number of thiol groups is 1. The van der Waals surface area contributed by atoms with E-state index in [4.69, 9.17) is 11.5 Å². The van der Waals surface area contributed by atoms with Crippen LogP contribution < -0.4 is 16.8 Å². The van der Waals surface area contributed by atoms with Crippen molar-refractivity contribution < 1.29 is 14.0 Å². The van der Waals surface area contributed by atoms with Gasteiger partial charge in [0.05, 0.1) is 12.1 Å². The quantitative estimate of drug-likeness (QED) is 0.521. The largest absolute Gasteiger partial charge is 0.344 e. The second kappa shape index (κ2) is 8.76. The molecule has 0 radical (unpaired) electrons. The molecule has 0 saturated heterocycles. The van der Waals surface area contributed by atoms with Gasteiger partial charge in [0.2, 0.25) is 11.0 Å². The highest BCUT2D eigenvalue weighted by molar-refractivity contribution is 7.96. The summed E-state index contributed by atoms with van der Waals surface area (Å²) in [5.41, 5.74) is 11.9. The van der Waals surface area contributed by atoms with Gasteiger partial charge in [-0.1, -0.05) is 12.1 Å². The first-order chi connectivity index (χ1) is 9.93. The predicted molar refractivity (Wildman–Crippen MR) is 82.3 cm³/mol. The first-order valence-electron chi connectivity index (χ1n) is 6.67. The van der Waals surface area contributed by atoms with Gasteiger partial charge in [0.1, 0.15) is 5.82 Å². The molecule has 0 aliphatic rings. The normalized spacial score (nSPS) is 13.5. The van der Waals surface area contributed by atoms with Crippen LogP contribution in [0.25, 0.3) is 0 Å². The summed E-state index contributed by atoms with van der Waals surface area (Å²) >= 11 is 3.74. The Hall–Kier alpha value is -1.44. The summed E-state index contributed by atoms with van der Waals surface area (Å²) in [6.45, 7) is 0.426. The standard InChI is InChI=1S/C14H20FN3O2S/c15-10-5-3-9(4-6-10)8-11(17)13(19)18-12(14(20)21)2-1-7-16/h3-6,11-12H,1-2,7-8,16-17H2,(H,18,19)(H,20,21)/t11-,12-/m0/s1. The Balaban J connectivity index is 2.56. The maximum Gasteiger partial charge on any atom is 0.237 e. The molecule has 0 aromatic heterocycles. The molecule has 0 spiro atoms. The van der Waals surface area contributed by atoms with E-state index in [9.17, 15) is 14.0 Å². The number of benzene rings is 1. The van der Waals surface area contributed by atoms with E-state index in [-0.39, 0.29) is 12.2 Å². The highest BCUT2D eigenvalue weighted by atomic mass is 32.1. The Kier molecular flexibility index (Phi) is 7.35. The van der Waals surface area contributed by atoms with Crippen LogP contribution in [0.1, 0.15) is 18.4 Å². The van der Waals surface area contributed by atoms with Crippen LogP contribution in [0.4, 0.5) is 4.39 Å². The molecule has 2 atom stereocenters. The minimum Gasteiger partial charge on any atom is -0.344 e. The molecule has 0 heterocycles. The van der Waals surface area contributed by atoms with E-state index in [2.05, 4.69) is 17.9 Å². The van der Waals surface area contributed by atoms with Gasteiger partial charge in [-0.15, -0.1) is 12.6 Å². The predicted octanol–water partition coefficient (Wildman–Crippen LogP) is 0.376. The van der Waals surface area contributed by atoms with Crippen LogP contribution in [0.3, 0.4) is 0 Å². The number of hydrogen-bond donors (Lipinski definition) is 4. The maximum atomic E-state index is 12.8. The molecule has 0 bridgehead atoms. The molecule has 7 heteroatoms. The fourth-order valence-electron chi connectivity index (χ4n) is 1.83. The van der Waals surface area contributed by atoms with Crippen molar-refractivity contribution in [2.24, 2.45) is 11.5 Å². The second-order valence-corrected chi connectivity index (χ2v) is 5.21. The van der Waals surface area contributed by atoms with Gasteiger partial charge in [-0.25, -0.2) is 4.39 Å². The van der Waals surface area contributed by atoms with Crippen molar-refractivity contribution in [3.05, 3.63) is 35.6 Å². The molecule has 0 aliphatic carbocycles. The molecule has 1 rings (SSSR count). The highest BCUT2D eigenvalue weighted by Crippen LogP contribution is 2.06. The second-order valence-electron chi connectivity index (χ2n) is 4.77. The monoisotopic (exact) mass is 313 g/mol. The van der Waals surface area contributed by atoms with E-state index in [0.717, 1.165) is 5.56 Å². The molecular weight excluding hydrogens is 293 g/mol. The molecule has 0 unspecified atom stereocenters. The summed E-state index contributed by atoms with van der Waals surface area (Å²) in [5.74, 6) is -0.789. The Morgan fingerprint density at radius 3 is 2.43 bits per heavy atom. The van der Waals surface area contributed by atoms with Crippen molar-refractivity contribution in [3.8, 4) is 0 Å². The van der Waals surface area contributed by atoms with E-state index in [1.54, 1.807) is 12.1 Å². The lowest BCUT2D eigenvalue weighted by Gasteiger charge is -2.18. The molecule has 1 aromatic carbocycles. The Morgan fingerprint density at radius 2 is 1.90 bits per heavy atom. The van der Waals surface area contributed by atoms with E-state index < -0.39 is 23.1 Å². The first-order valence-corrected chi connectivity index (χ1v) is 7.12. The summed E-state index contributed by atoms with van der Waals surface area (Å²) in [5, 5.41) is 2.14. The van der Waals surface area contributed by atoms with Crippen molar-refractivity contribution in [3.63, 3.8) is 0 Å². The van der Waals surface area contributed by atoms with Crippen LogP contribution in [0, 0.1) is 5.82 Å². The molecule has 0 saturated carbocycles. The Morgan fingerprint density at radius 1 is 1.29 bits per heavy atom. The van der Waals surface area contributed by atoms with Gasteiger partial charge in [0, 0.05) is 0 Å². The van der Waals surface area contributed by atoms with Crippen LogP contribution >= 0.6 is 12.6 Å². The maximum absolute atomic E-state index is 12.8. The Labute approximate surface area is 128 Å². The van der Waals surface area contributed by atoms with Crippen LogP contribution in [-0.2, 0) is 16.0 Å². The minimum atomic E-state index is -0.816. The van der Waals surface area contributed by atoms with Crippen LogP contribution in [0.15, 0.2) is 24.3 Å². The minimum absolute atomic E-state index is 0.260. The van der Waals surface area contributed by atoms with Crippen molar-refractivity contribution >= 4 is 23.7 Å². The molecule has 5 nitrogen and oxygen atoms in total. The smallest absolute Gasteiger partial charge is 0.237 e. The van der Waals surface area contributed by atoms with Crippen molar-refractivity contribution in [1.82, 2.24) is 5.32 Å². The lowest BCUT2D eigenvalue weighted by molar-refractivity contribution is -0.125. The highest BCUT2D eigenvalue weighted by Gasteiger charge is 2.21. The SMILES string of the molecule is NCCC[C@H](NC(=O)[C@@H](N)Cc1ccc(F)cc1)C(=O)S. The van der Waals surface area contributed by atoms with Gasteiger partial charge < -0.3 is 16.8 Å². The molecular formula is C14H20FN3O2S. The van der Waals surface area contributed by atoms with E-state index >= 15 is 0 Å². The first kappa shape index (κ1) is 17.6. The number of rotatable bonds is 8. The summed E-state index contributed by atoms with van der Waals surface area (Å²) in [4.78, 5) is 23.3. The molecule has 0 aliphatic heterocycles. The lowest BCUT2D eigenvalue weighted by atomic mass is 10.1. The van der Waals surface area contributed by atoms with Gasteiger partial charge in [-0.2, -0.15) is 0 Å². The number of nitrogens with one attached hydrogen (secondary N) is 1. The summed E-state index contributed by atoms with van der Waals surface area (Å²) in [6, 6.07) is 4.24. The molecule has 0 fully saturated rings. The zero-order chi connectivity index (χ0) is 15.8. The van der Waals surface area contributed by atoms with Gasteiger partial charge >= 0.3 is 0 Å². The number of carbonyl (C=O) groups excluding carboxylic acids is 2. The zero-order valence-corrected chi connectivity index (χ0v) is 12.5. The van der Waals surface area contributed by atoms with Gasteiger partial charge in [0.25, 0.3) is 0 Å². The molecule has 116 valence electrons. The number of amides is 1. The summed E-state index contributed by atoms with van der Waals surface area (Å²) in [7, 11) is 0. The molecule has 1 aromatic rings. The van der Waals surface area contributed by atoms with Gasteiger partial charge in [-0.05, 0) is 43.5 Å². The molecule has 1 amide bonds. The zero-order valence-electron chi connectivity index (χ0n) is 11.6.